The molecule has 0 fully saturated rings. The average molecular weight is 195 g/mol. The van der Waals surface area contributed by atoms with Gasteiger partial charge in [0.15, 0.2) is 5.78 Å². The third-order valence-electron chi connectivity index (χ3n) is 1.88. The number of benzene rings is 1. The molecule has 0 aliphatic carbocycles. The number of carbonyl (C=O) groups is 1. The lowest BCUT2D eigenvalue weighted by Crippen LogP contribution is -1.98. The van der Waals surface area contributed by atoms with Gasteiger partial charge in [-0.15, -0.1) is 11.8 Å². The third-order valence-corrected chi connectivity index (χ3v) is 2.67. The zero-order chi connectivity index (χ0) is 9.84. The van der Waals surface area contributed by atoms with Crippen molar-refractivity contribution in [2.45, 2.75) is 18.2 Å². The van der Waals surface area contributed by atoms with Crippen LogP contribution in [-0.2, 0) is 0 Å². The lowest BCUT2D eigenvalue weighted by atomic mass is 10.1. The zero-order valence-electron chi connectivity index (χ0n) is 7.83. The first-order chi connectivity index (χ1) is 6.19. The number of nitrogen functional groups attached to an aromatic ring is 1. The van der Waals surface area contributed by atoms with Crippen molar-refractivity contribution < 1.29 is 4.79 Å². The Kier molecular flexibility index (Phi) is 3.37. The van der Waals surface area contributed by atoms with Gasteiger partial charge in [0.1, 0.15) is 0 Å². The molecule has 0 bridgehead atoms. The second-order valence-electron chi connectivity index (χ2n) is 2.73. The molecular formula is C10H13NOS. The van der Waals surface area contributed by atoms with E-state index in [1.54, 1.807) is 23.9 Å². The normalized spacial score (nSPS) is 10.0. The van der Waals surface area contributed by atoms with Gasteiger partial charge in [-0.2, -0.15) is 0 Å². The van der Waals surface area contributed by atoms with E-state index >= 15 is 0 Å². The summed E-state index contributed by atoms with van der Waals surface area (Å²) in [5.74, 6) is 0.162. The van der Waals surface area contributed by atoms with E-state index in [4.69, 9.17) is 5.73 Å². The van der Waals surface area contributed by atoms with Gasteiger partial charge in [0.05, 0.1) is 0 Å². The maximum Gasteiger partial charge on any atom is 0.162 e. The fourth-order valence-electron chi connectivity index (χ4n) is 1.09. The Morgan fingerprint density at radius 2 is 2.23 bits per heavy atom. The van der Waals surface area contributed by atoms with E-state index < -0.39 is 0 Å². The molecule has 0 saturated carbocycles. The van der Waals surface area contributed by atoms with Crippen LogP contribution in [0.15, 0.2) is 23.1 Å². The first kappa shape index (κ1) is 10.1. The molecule has 1 rings (SSSR count). The molecule has 1 aromatic rings. The first-order valence-electron chi connectivity index (χ1n) is 4.15. The van der Waals surface area contributed by atoms with Crippen molar-refractivity contribution in [3.8, 4) is 0 Å². The molecule has 0 aromatic heterocycles. The van der Waals surface area contributed by atoms with Crippen LogP contribution in [0.4, 0.5) is 5.69 Å². The smallest absolute Gasteiger partial charge is 0.162 e. The highest BCUT2D eigenvalue weighted by Crippen LogP contribution is 2.24. The molecule has 0 amide bonds. The molecular weight excluding hydrogens is 182 g/mol. The zero-order valence-corrected chi connectivity index (χ0v) is 8.65. The monoisotopic (exact) mass is 195 g/mol. The van der Waals surface area contributed by atoms with Gasteiger partial charge < -0.3 is 5.73 Å². The number of nitrogens with two attached hydrogens (primary N) is 1. The number of anilines is 1. The summed E-state index contributed by atoms with van der Waals surface area (Å²) in [7, 11) is 0. The van der Waals surface area contributed by atoms with Crippen molar-refractivity contribution in [2.24, 2.45) is 0 Å². The van der Waals surface area contributed by atoms with Gasteiger partial charge in [0.25, 0.3) is 0 Å². The maximum atomic E-state index is 11.3. The van der Waals surface area contributed by atoms with E-state index in [2.05, 4.69) is 0 Å². The summed E-state index contributed by atoms with van der Waals surface area (Å²) >= 11 is 1.56. The van der Waals surface area contributed by atoms with Crippen LogP contribution >= 0.6 is 11.8 Å². The SMILES string of the molecule is CCC(=O)c1ccc(N)c(SC)c1. The van der Waals surface area contributed by atoms with Gasteiger partial charge in [-0.3, -0.25) is 4.79 Å². The van der Waals surface area contributed by atoms with E-state index in [1.165, 1.54) is 0 Å². The quantitative estimate of drug-likeness (QED) is 0.458. The molecule has 0 heterocycles. The number of hydrogen-bond acceptors (Lipinski definition) is 3. The first-order valence-corrected chi connectivity index (χ1v) is 5.38. The molecule has 1 aromatic carbocycles. The summed E-state index contributed by atoms with van der Waals surface area (Å²) in [4.78, 5) is 12.3. The molecule has 0 aliphatic heterocycles. The number of Topliss-reactive ketones (excluding diaryl/α,β-unsaturated/α-hetero) is 1. The topological polar surface area (TPSA) is 43.1 Å². The summed E-state index contributed by atoms with van der Waals surface area (Å²) in [5, 5.41) is 0. The van der Waals surface area contributed by atoms with E-state index in [1.807, 2.05) is 19.2 Å². The van der Waals surface area contributed by atoms with Crippen LogP contribution in [0.5, 0.6) is 0 Å². The third kappa shape index (κ3) is 2.25. The average Bonchev–Trinajstić information content (AvgIpc) is 2.17. The molecule has 0 radical (unpaired) electrons. The van der Waals surface area contributed by atoms with Crippen molar-refractivity contribution in [3.05, 3.63) is 23.8 Å². The Hall–Kier alpha value is -0.960. The van der Waals surface area contributed by atoms with Crippen LogP contribution in [0, 0.1) is 0 Å². The fraction of sp³-hybridized carbons (Fsp3) is 0.300. The molecule has 2 N–H and O–H groups in total. The van der Waals surface area contributed by atoms with Crippen LogP contribution in [0.2, 0.25) is 0 Å². The molecule has 0 spiro atoms. The highest BCUT2D eigenvalue weighted by molar-refractivity contribution is 7.98. The summed E-state index contributed by atoms with van der Waals surface area (Å²) in [6.07, 6.45) is 2.49. The Morgan fingerprint density at radius 3 is 2.77 bits per heavy atom. The molecule has 0 aliphatic rings. The predicted octanol–water partition coefficient (Wildman–Crippen LogP) is 2.58. The van der Waals surface area contributed by atoms with E-state index in [9.17, 15) is 4.79 Å². The van der Waals surface area contributed by atoms with E-state index in [0.29, 0.717) is 6.42 Å². The highest BCUT2D eigenvalue weighted by Gasteiger charge is 2.05. The van der Waals surface area contributed by atoms with Crippen molar-refractivity contribution >= 4 is 23.2 Å². The van der Waals surface area contributed by atoms with Gasteiger partial charge in [0.2, 0.25) is 0 Å². The number of ketones is 1. The Labute approximate surface area is 82.5 Å². The van der Waals surface area contributed by atoms with Gasteiger partial charge in [-0.1, -0.05) is 6.92 Å². The lowest BCUT2D eigenvalue weighted by molar-refractivity contribution is 0.0988. The molecule has 0 atom stereocenters. The largest absolute Gasteiger partial charge is 0.398 e. The summed E-state index contributed by atoms with van der Waals surface area (Å²) in [6, 6.07) is 5.42. The van der Waals surface area contributed by atoms with E-state index in [-0.39, 0.29) is 5.78 Å². The van der Waals surface area contributed by atoms with Crippen molar-refractivity contribution in [2.75, 3.05) is 12.0 Å². The van der Waals surface area contributed by atoms with Gasteiger partial charge in [0, 0.05) is 22.6 Å². The molecule has 70 valence electrons. The fourth-order valence-corrected chi connectivity index (χ4v) is 1.64. The van der Waals surface area contributed by atoms with Crippen molar-refractivity contribution in [3.63, 3.8) is 0 Å². The summed E-state index contributed by atoms with van der Waals surface area (Å²) in [5.41, 5.74) is 7.20. The molecule has 0 unspecified atom stereocenters. The van der Waals surface area contributed by atoms with Gasteiger partial charge >= 0.3 is 0 Å². The van der Waals surface area contributed by atoms with Crippen LogP contribution < -0.4 is 5.73 Å². The standard InChI is InChI=1S/C10H13NOS/c1-3-9(12)7-4-5-8(11)10(6-7)13-2/h4-6H,3,11H2,1-2H3. The number of thioether (sulfide) groups is 1. The molecule has 0 saturated heterocycles. The molecule has 3 heteroatoms. The predicted molar refractivity (Wildman–Crippen MR) is 57.3 cm³/mol. The van der Waals surface area contributed by atoms with Gasteiger partial charge in [-0.05, 0) is 24.5 Å². The van der Waals surface area contributed by atoms with Crippen LogP contribution in [0.3, 0.4) is 0 Å². The second-order valence-corrected chi connectivity index (χ2v) is 3.58. The molecule has 13 heavy (non-hydrogen) atoms. The minimum atomic E-state index is 0.162. The van der Waals surface area contributed by atoms with Crippen LogP contribution in [0.1, 0.15) is 23.7 Å². The van der Waals surface area contributed by atoms with Gasteiger partial charge in [-0.25, -0.2) is 0 Å². The van der Waals surface area contributed by atoms with Crippen molar-refractivity contribution in [1.82, 2.24) is 0 Å². The lowest BCUT2D eigenvalue weighted by Gasteiger charge is -2.04. The minimum absolute atomic E-state index is 0.162. The minimum Gasteiger partial charge on any atom is -0.398 e. The number of hydrogen-bond donors (Lipinski definition) is 1. The van der Waals surface area contributed by atoms with E-state index in [0.717, 1.165) is 16.1 Å². The van der Waals surface area contributed by atoms with Crippen molar-refractivity contribution in [1.29, 1.82) is 0 Å². The summed E-state index contributed by atoms with van der Waals surface area (Å²) < 4.78 is 0. The second kappa shape index (κ2) is 4.33. The Balaban J connectivity index is 3.06. The Morgan fingerprint density at radius 1 is 1.54 bits per heavy atom. The highest BCUT2D eigenvalue weighted by atomic mass is 32.2. The maximum absolute atomic E-state index is 11.3. The summed E-state index contributed by atoms with van der Waals surface area (Å²) in [6.45, 7) is 1.86. The van der Waals surface area contributed by atoms with Crippen LogP contribution in [-0.4, -0.2) is 12.0 Å². The number of carbonyl (C=O) groups excluding carboxylic acids is 1. The molecule has 2 nitrogen and oxygen atoms in total. The Bertz CT molecular complexity index is 323. The van der Waals surface area contributed by atoms with Crippen LogP contribution in [0.25, 0.3) is 0 Å². The number of rotatable bonds is 3.